The molecule has 0 amide bonds. The van der Waals surface area contributed by atoms with Crippen molar-refractivity contribution in [2.45, 2.75) is 27.4 Å². The molecule has 2 aromatic rings. The Kier molecular flexibility index (Phi) is 4.79. The van der Waals surface area contributed by atoms with Crippen molar-refractivity contribution in [3.63, 3.8) is 0 Å². The minimum atomic E-state index is -4.56. The van der Waals surface area contributed by atoms with Gasteiger partial charge in [-0.3, -0.25) is 0 Å². The minimum absolute atomic E-state index is 0.200. The van der Waals surface area contributed by atoms with Gasteiger partial charge in [-0.05, 0) is 0 Å². The second kappa shape index (κ2) is 6.14. The molecule has 1 aromatic heterocycles. The molecule has 0 unspecified atom stereocenters. The van der Waals surface area contributed by atoms with Crippen molar-refractivity contribution < 1.29 is 17.6 Å². The zero-order chi connectivity index (χ0) is 16.5. The molecule has 0 saturated carbocycles. The zero-order valence-corrected chi connectivity index (χ0v) is 15.4. The standard InChI is InChI=1S/C12H7F4N2.3CH3.Sn/c13-11-5-9(3-8-1-2-17-18-7-8)4-10(6-11)12(14,15)16;;;;/h1,4-7H,3H2;3*1H3;. The van der Waals surface area contributed by atoms with Crippen molar-refractivity contribution in [2.24, 2.45) is 0 Å². The van der Waals surface area contributed by atoms with Crippen molar-refractivity contribution >= 4 is 22.1 Å². The second-order valence-electron chi connectivity index (χ2n) is 6.22. The number of nitrogens with zero attached hydrogens (tertiary/aromatic N) is 2. The molecular weight excluding hydrogens is 403 g/mol. The molecule has 0 spiro atoms. The van der Waals surface area contributed by atoms with E-state index in [9.17, 15) is 17.6 Å². The van der Waals surface area contributed by atoms with Gasteiger partial charge in [-0.25, -0.2) is 0 Å². The Hall–Kier alpha value is -1.18. The maximum absolute atomic E-state index is 13.4. The Morgan fingerprint density at radius 2 is 1.68 bits per heavy atom. The van der Waals surface area contributed by atoms with E-state index in [-0.39, 0.29) is 12.0 Å². The fourth-order valence-corrected chi connectivity index (χ4v) is 4.81. The molecule has 0 atom stereocenters. The summed E-state index contributed by atoms with van der Waals surface area (Å²) in [5, 5.41) is 8.04. The molecule has 0 aliphatic heterocycles. The third-order valence-electron chi connectivity index (χ3n) is 3.17. The van der Waals surface area contributed by atoms with E-state index < -0.39 is 35.9 Å². The zero-order valence-electron chi connectivity index (χ0n) is 12.5. The van der Waals surface area contributed by atoms with Crippen molar-refractivity contribution in [3.8, 4) is 0 Å². The summed E-state index contributed by atoms with van der Waals surface area (Å²) in [6, 6.07) is 4.48. The summed E-state index contributed by atoms with van der Waals surface area (Å²) in [5.74, 6) is -0.887. The Balaban J connectivity index is 2.34. The molecule has 0 bridgehead atoms. The van der Waals surface area contributed by atoms with E-state index in [0.717, 1.165) is 21.4 Å². The van der Waals surface area contributed by atoms with Gasteiger partial charge in [0.15, 0.2) is 0 Å². The monoisotopic (exact) mass is 420 g/mol. The summed E-state index contributed by atoms with van der Waals surface area (Å²) >= 11 is -2.40. The second-order valence-corrected chi connectivity index (χ2v) is 20.5. The van der Waals surface area contributed by atoms with Gasteiger partial charge >= 0.3 is 130 Å². The van der Waals surface area contributed by atoms with E-state index in [1.54, 1.807) is 0 Å². The number of hydrogen-bond acceptors (Lipinski definition) is 2. The number of halogens is 4. The average molecular weight is 419 g/mol. The quantitative estimate of drug-likeness (QED) is 0.560. The van der Waals surface area contributed by atoms with Crippen molar-refractivity contribution in [2.75, 3.05) is 0 Å². The Bertz CT molecular complexity index is 678. The summed E-state index contributed by atoms with van der Waals surface area (Å²) in [5.41, 5.74) is 0.0467. The molecule has 0 fully saturated rings. The van der Waals surface area contributed by atoms with Crippen molar-refractivity contribution in [3.05, 3.63) is 53.0 Å². The van der Waals surface area contributed by atoms with E-state index in [2.05, 4.69) is 25.0 Å². The van der Waals surface area contributed by atoms with Crippen LogP contribution in [0.15, 0.2) is 30.5 Å². The predicted molar refractivity (Wildman–Crippen MR) is 79.2 cm³/mol. The van der Waals surface area contributed by atoms with Crippen molar-refractivity contribution in [1.29, 1.82) is 0 Å². The van der Waals surface area contributed by atoms with Gasteiger partial charge in [0.1, 0.15) is 0 Å². The third-order valence-corrected chi connectivity index (χ3v) is 8.26. The molecule has 1 heterocycles. The van der Waals surface area contributed by atoms with E-state index in [1.807, 2.05) is 6.07 Å². The van der Waals surface area contributed by atoms with Crippen LogP contribution in [0.1, 0.15) is 16.7 Å². The molecule has 0 radical (unpaired) electrons. The number of benzene rings is 1. The van der Waals surface area contributed by atoms with Gasteiger partial charge in [0.05, 0.1) is 0 Å². The molecule has 2 rings (SSSR count). The van der Waals surface area contributed by atoms with Crippen LogP contribution in [0.25, 0.3) is 0 Å². The van der Waals surface area contributed by atoms with E-state index in [4.69, 9.17) is 0 Å². The number of aromatic nitrogens is 2. The number of rotatable bonds is 3. The summed E-state index contributed by atoms with van der Waals surface area (Å²) in [6.45, 7) is 0. The van der Waals surface area contributed by atoms with Crippen LogP contribution in [-0.2, 0) is 12.6 Å². The number of alkyl halides is 3. The molecule has 0 N–H and O–H groups in total. The Morgan fingerprint density at radius 3 is 2.27 bits per heavy atom. The van der Waals surface area contributed by atoms with Gasteiger partial charge in [0.25, 0.3) is 0 Å². The van der Waals surface area contributed by atoms with Crippen LogP contribution in [0.2, 0.25) is 14.8 Å². The predicted octanol–water partition coefficient (Wildman–Crippen LogP) is 3.77. The first kappa shape index (κ1) is 17.2. The summed E-state index contributed by atoms with van der Waals surface area (Å²) in [6.07, 6.45) is -2.84. The van der Waals surface area contributed by atoms with Crippen molar-refractivity contribution in [1.82, 2.24) is 10.2 Å². The van der Waals surface area contributed by atoms with Crippen LogP contribution in [0.3, 0.4) is 0 Å². The van der Waals surface area contributed by atoms with Gasteiger partial charge in [-0.2, -0.15) is 0 Å². The third kappa shape index (κ3) is 4.41. The summed E-state index contributed by atoms with van der Waals surface area (Å²) in [7, 11) is 0. The van der Waals surface area contributed by atoms with Gasteiger partial charge in [0, 0.05) is 0 Å². The van der Waals surface area contributed by atoms with E-state index in [1.165, 1.54) is 6.20 Å². The van der Waals surface area contributed by atoms with Crippen LogP contribution >= 0.6 is 0 Å². The molecule has 2 nitrogen and oxygen atoms in total. The first-order valence-corrected chi connectivity index (χ1v) is 16.7. The van der Waals surface area contributed by atoms with Crippen LogP contribution in [0.4, 0.5) is 17.6 Å². The normalized spacial score (nSPS) is 12.5. The molecule has 22 heavy (non-hydrogen) atoms. The first-order valence-electron chi connectivity index (χ1n) is 6.74. The fraction of sp³-hybridized carbons (Fsp3) is 0.333. The van der Waals surface area contributed by atoms with Crippen LogP contribution in [0, 0.1) is 5.82 Å². The molecule has 0 aliphatic rings. The molecule has 7 heteroatoms. The SMILES string of the molecule is [CH3][Sn]([CH3])([CH3])[c]1cc(Cc2cc(F)cc(C(F)(F)F)c2)cnn1. The van der Waals surface area contributed by atoms with Gasteiger partial charge in [-0.15, -0.1) is 0 Å². The molecule has 118 valence electrons. The molecular formula is C15H16F4N2Sn. The Labute approximate surface area is 130 Å². The summed E-state index contributed by atoms with van der Waals surface area (Å²) in [4.78, 5) is 6.52. The van der Waals surface area contributed by atoms with Gasteiger partial charge in [0.2, 0.25) is 0 Å². The molecule has 0 aliphatic carbocycles. The van der Waals surface area contributed by atoms with E-state index >= 15 is 0 Å². The number of hydrogen-bond donors (Lipinski definition) is 0. The van der Waals surface area contributed by atoms with Crippen LogP contribution in [0.5, 0.6) is 0 Å². The first-order chi connectivity index (χ1) is 10.1. The maximum atomic E-state index is 13.4. The Morgan fingerprint density at radius 1 is 1.00 bits per heavy atom. The topological polar surface area (TPSA) is 25.8 Å². The molecule has 0 saturated heterocycles. The van der Waals surface area contributed by atoms with Crippen LogP contribution in [-0.4, -0.2) is 28.6 Å². The van der Waals surface area contributed by atoms with E-state index in [0.29, 0.717) is 6.07 Å². The summed E-state index contributed by atoms with van der Waals surface area (Å²) < 4.78 is 52.5. The van der Waals surface area contributed by atoms with Crippen LogP contribution < -0.4 is 3.71 Å². The molecule has 1 aromatic carbocycles. The van der Waals surface area contributed by atoms with Gasteiger partial charge < -0.3 is 0 Å². The fourth-order valence-electron chi connectivity index (χ4n) is 2.02. The van der Waals surface area contributed by atoms with Gasteiger partial charge in [-0.1, -0.05) is 0 Å². The average Bonchev–Trinajstić information content (AvgIpc) is 2.36.